The van der Waals surface area contributed by atoms with Crippen molar-refractivity contribution in [1.29, 1.82) is 0 Å². The Kier molecular flexibility index (Phi) is 8.74. The van der Waals surface area contributed by atoms with Crippen LogP contribution in [0.1, 0.15) is 73.4 Å². The SMILES string of the molecule is CCOC(=O)C1CC=C(C(O)[C@@H]2CC[C@H]2CN2C[C@@]3(CCCc4cc(Cl)ccc43)COc3ccc(C(=O)OC)cc32)CC1. The molecule has 1 aliphatic heterocycles. The predicted octanol–water partition coefficient (Wildman–Crippen LogP) is 6.28. The number of benzene rings is 2. The summed E-state index contributed by atoms with van der Waals surface area (Å²) in [5.41, 5.74) is 4.81. The molecular weight excluding hydrogens is 566 g/mol. The second kappa shape index (κ2) is 12.5. The molecule has 1 saturated carbocycles. The lowest BCUT2D eigenvalue weighted by Gasteiger charge is -2.46. The van der Waals surface area contributed by atoms with Crippen LogP contribution in [0.2, 0.25) is 5.02 Å². The number of halogens is 1. The maximum Gasteiger partial charge on any atom is 0.337 e. The molecule has 5 atom stereocenters. The summed E-state index contributed by atoms with van der Waals surface area (Å²) >= 11 is 6.40. The molecular formula is C35H42ClNO6. The second-order valence-corrected chi connectivity index (χ2v) is 13.2. The van der Waals surface area contributed by atoms with Gasteiger partial charge in [0.25, 0.3) is 0 Å². The molecule has 7 nitrogen and oxygen atoms in total. The summed E-state index contributed by atoms with van der Waals surface area (Å²) in [7, 11) is 1.40. The van der Waals surface area contributed by atoms with Crippen molar-refractivity contribution in [1.82, 2.24) is 0 Å². The van der Waals surface area contributed by atoms with Gasteiger partial charge in [-0.2, -0.15) is 0 Å². The number of aliphatic hydroxyl groups is 1. The standard InChI is InChI=1S/C35H42ClNO6/c1-3-42-34(40)23-8-6-22(7-9-23)32(38)28-13-10-26(28)19-37-20-35(16-4-5-24-17-27(36)12-14-29(24)35)21-43-31-15-11-25(18-30(31)37)33(39)41-2/h6,11-12,14-15,17-18,23,26,28,32,38H,3-5,7-10,13,16,19-21H2,1-2H3/t23?,26-,28+,32?,35-/m0/s1. The van der Waals surface area contributed by atoms with Gasteiger partial charge in [0.2, 0.25) is 0 Å². The zero-order valence-corrected chi connectivity index (χ0v) is 25.9. The number of allylic oxidation sites excluding steroid dienone is 1. The monoisotopic (exact) mass is 607 g/mol. The number of hydrogen-bond donors (Lipinski definition) is 1. The fourth-order valence-corrected chi connectivity index (χ4v) is 7.95. The van der Waals surface area contributed by atoms with Gasteiger partial charge in [0.05, 0.1) is 43.6 Å². The molecule has 0 saturated heterocycles. The highest BCUT2D eigenvalue weighted by atomic mass is 35.5. The molecule has 2 aromatic rings. The third-order valence-electron chi connectivity index (χ3n) is 10.2. The molecule has 0 bridgehead atoms. The van der Waals surface area contributed by atoms with Crippen LogP contribution in [0.5, 0.6) is 5.75 Å². The van der Waals surface area contributed by atoms with Crippen LogP contribution >= 0.6 is 11.6 Å². The van der Waals surface area contributed by atoms with Crippen LogP contribution in [0.4, 0.5) is 5.69 Å². The van der Waals surface area contributed by atoms with Gasteiger partial charge in [-0.05, 0) is 117 Å². The minimum Gasteiger partial charge on any atom is -0.490 e. The van der Waals surface area contributed by atoms with Crippen molar-refractivity contribution in [2.45, 2.75) is 69.8 Å². The lowest BCUT2D eigenvalue weighted by molar-refractivity contribution is -0.148. The van der Waals surface area contributed by atoms with Crippen molar-refractivity contribution in [3.8, 4) is 5.75 Å². The minimum atomic E-state index is -0.516. The Bertz CT molecular complexity index is 1410. The lowest BCUT2D eigenvalue weighted by Crippen LogP contribution is -2.50. The maximum atomic E-state index is 12.5. The van der Waals surface area contributed by atoms with Crippen molar-refractivity contribution in [3.63, 3.8) is 0 Å². The third kappa shape index (κ3) is 5.91. The topological polar surface area (TPSA) is 85.3 Å². The van der Waals surface area contributed by atoms with E-state index in [0.717, 1.165) is 80.1 Å². The molecule has 2 unspecified atom stereocenters. The van der Waals surface area contributed by atoms with E-state index in [0.29, 0.717) is 25.2 Å². The highest BCUT2D eigenvalue weighted by molar-refractivity contribution is 6.30. The summed E-state index contributed by atoms with van der Waals surface area (Å²) in [4.78, 5) is 27.1. The Hall–Kier alpha value is -3.03. The first kappa shape index (κ1) is 30.0. The summed E-state index contributed by atoms with van der Waals surface area (Å²) in [5.74, 6) is 0.577. The van der Waals surface area contributed by atoms with Gasteiger partial charge >= 0.3 is 11.9 Å². The average molecular weight is 608 g/mol. The maximum absolute atomic E-state index is 12.5. The summed E-state index contributed by atoms with van der Waals surface area (Å²) in [6.45, 7) is 4.28. The van der Waals surface area contributed by atoms with Gasteiger partial charge in [0.1, 0.15) is 5.75 Å². The van der Waals surface area contributed by atoms with E-state index in [-0.39, 0.29) is 35.1 Å². The Morgan fingerprint density at radius 1 is 1.16 bits per heavy atom. The number of carbonyl (C=O) groups is 2. The highest BCUT2D eigenvalue weighted by Crippen LogP contribution is 2.47. The quantitative estimate of drug-likeness (QED) is 0.293. The van der Waals surface area contributed by atoms with Gasteiger partial charge in [0, 0.05) is 23.5 Å². The number of nitrogens with zero attached hydrogens (tertiary/aromatic N) is 1. The number of rotatable bonds is 7. The summed E-state index contributed by atoms with van der Waals surface area (Å²) in [6, 6.07) is 11.8. The second-order valence-electron chi connectivity index (χ2n) is 12.7. The molecule has 0 aromatic heterocycles. The van der Waals surface area contributed by atoms with Crippen molar-refractivity contribution in [2.75, 3.05) is 38.3 Å². The first-order valence-electron chi connectivity index (χ1n) is 15.7. The number of hydrogen-bond acceptors (Lipinski definition) is 7. The Labute approximate surface area is 259 Å². The zero-order chi connectivity index (χ0) is 30.1. The minimum absolute atomic E-state index is 0.116. The molecule has 2 aromatic carbocycles. The molecule has 4 aliphatic rings. The Balaban J connectivity index is 1.27. The van der Waals surface area contributed by atoms with E-state index in [1.807, 2.05) is 25.1 Å². The molecule has 43 heavy (non-hydrogen) atoms. The van der Waals surface area contributed by atoms with Crippen molar-refractivity contribution in [3.05, 3.63) is 69.8 Å². The first-order valence-corrected chi connectivity index (χ1v) is 16.1. The van der Waals surface area contributed by atoms with E-state index >= 15 is 0 Å². The van der Waals surface area contributed by atoms with Crippen LogP contribution in [0.3, 0.4) is 0 Å². The van der Waals surface area contributed by atoms with E-state index in [2.05, 4.69) is 23.1 Å². The number of aryl methyl sites for hydroxylation is 1. The van der Waals surface area contributed by atoms with E-state index in [1.54, 1.807) is 6.07 Å². The zero-order valence-electron chi connectivity index (χ0n) is 25.1. The predicted molar refractivity (Wildman–Crippen MR) is 166 cm³/mol. The molecule has 6 rings (SSSR count). The first-order chi connectivity index (χ1) is 20.8. The molecule has 1 heterocycles. The number of anilines is 1. The van der Waals surface area contributed by atoms with Gasteiger partial charge in [-0.3, -0.25) is 4.79 Å². The molecule has 1 spiro atoms. The van der Waals surface area contributed by atoms with Crippen molar-refractivity contribution >= 4 is 29.2 Å². The lowest BCUT2D eigenvalue weighted by atomic mass is 9.67. The largest absolute Gasteiger partial charge is 0.490 e. The normalized spacial score (nSPS) is 27.0. The molecule has 0 amide bonds. The number of methoxy groups -OCH3 is 1. The van der Waals surface area contributed by atoms with Crippen LogP contribution in [0.15, 0.2) is 48.0 Å². The van der Waals surface area contributed by atoms with Crippen molar-refractivity contribution in [2.24, 2.45) is 17.8 Å². The molecule has 8 heteroatoms. The van der Waals surface area contributed by atoms with E-state index in [1.165, 1.54) is 18.2 Å². The summed E-state index contributed by atoms with van der Waals surface area (Å²) < 4.78 is 16.8. The average Bonchev–Trinajstić information content (AvgIpc) is 3.15. The molecule has 3 aliphatic carbocycles. The number of carbonyl (C=O) groups excluding carboxylic acids is 2. The molecule has 230 valence electrons. The fraction of sp³-hybridized carbons (Fsp3) is 0.543. The number of esters is 2. The third-order valence-corrected chi connectivity index (χ3v) is 10.5. The molecule has 0 radical (unpaired) electrons. The molecule has 1 fully saturated rings. The van der Waals surface area contributed by atoms with Gasteiger partial charge < -0.3 is 24.2 Å². The highest BCUT2D eigenvalue weighted by Gasteiger charge is 2.45. The van der Waals surface area contributed by atoms with Gasteiger partial charge in [-0.15, -0.1) is 0 Å². The Morgan fingerprint density at radius 2 is 2.02 bits per heavy atom. The Morgan fingerprint density at radius 3 is 2.74 bits per heavy atom. The number of aliphatic hydroxyl groups excluding tert-OH is 1. The number of ether oxygens (including phenoxy) is 3. The summed E-state index contributed by atoms with van der Waals surface area (Å²) in [6.07, 6.45) is 8.68. The van der Waals surface area contributed by atoms with Crippen LogP contribution in [0.25, 0.3) is 0 Å². The van der Waals surface area contributed by atoms with Crippen LogP contribution < -0.4 is 9.64 Å². The summed E-state index contributed by atoms with van der Waals surface area (Å²) in [5, 5.41) is 12.3. The smallest absolute Gasteiger partial charge is 0.337 e. The van der Waals surface area contributed by atoms with Crippen molar-refractivity contribution < 1.29 is 28.9 Å². The van der Waals surface area contributed by atoms with Gasteiger partial charge in [-0.25, -0.2) is 4.79 Å². The van der Waals surface area contributed by atoms with Crippen LogP contribution in [-0.4, -0.2) is 56.6 Å². The van der Waals surface area contributed by atoms with E-state index < -0.39 is 6.10 Å². The van der Waals surface area contributed by atoms with E-state index in [9.17, 15) is 14.7 Å². The van der Waals surface area contributed by atoms with Gasteiger partial charge in [-0.1, -0.05) is 23.7 Å². The number of fused-ring (bicyclic) bond motifs is 3. The van der Waals surface area contributed by atoms with Crippen LogP contribution in [0, 0.1) is 17.8 Å². The fourth-order valence-electron chi connectivity index (χ4n) is 7.75. The molecule has 1 N–H and O–H groups in total. The van der Waals surface area contributed by atoms with Gasteiger partial charge in [0.15, 0.2) is 0 Å². The van der Waals surface area contributed by atoms with E-state index in [4.69, 9.17) is 25.8 Å². The van der Waals surface area contributed by atoms with Crippen LogP contribution in [-0.2, 0) is 26.1 Å².